The molecule has 0 fully saturated rings. The third-order valence-corrected chi connectivity index (χ3v) is 1.65. The Morgan fingerprint density at radius 1 is 1.36 bits per heavy atom. The highest BCUT2D eigenvalue weighted by Crippen LogP contribution is 2.36. The molecule has 0 aliphatic heterocycles. The van der Waals surface area contributed by atoms with E-state index >= 15 is 0 Å². The van der Waals surface area contributed by atoms with Crippen molar-refractivity contribution < 1.29 is 17.9 Å². The largest absolute Gasteiger partial charge is 0.493 e. The van der Waals surface area contributed by atoms with Crippen LogP contribution in [0.3, 0.4) is 0 Å². The predicted octanol–water partition coefficient (Wildman–Crippen LogP) is 3.29. The highest BCUT2D eigenvalue weighted by Gasteiger charge is 2.34. The zero-order valence-electron chi connectivity index (χ0n) is 7.69. The molecule has 0 aliphatic rings. The standard InChI is InChI=1S/C10H10F3O/c1-3-14-9-5-4-7(2)6-8(9)10(11,12)13/h4-6H,2-3H2,1H3. The van der Waals surface area contributed by atoms with Crippen molar-refractivity contribution in [2.24, 2.45) is 0 Å². The molecule has 0 saturated heterocycles. The van der Waals surface area contributed by atoms with Crippen molar-refractivity contribution >= 4 is 0 Å². The lowest BCUT2D eigenvalue weighted by Gasteiger charge is -2.13. The van der Waals surface area contributed by atoms with E-state index in [4.69, 9.17) is 4.74 Å². The third kappa shape index (κ3) is 2.40. The van der Waals surface area contributed by atoms with Gasteiger partial charge in [-0.15, -0.1) is 0 Å². The molecule has 0 bridgehead atoms. The Morgan fingerprint density at radius 3 is 2.50 bits per heavy atom. The molecule has 0 atom stereocenters. The van der Waals surface area contributed by atoms with Gasteiger partial charge in [-0.1, -0.05) is 6.07 Å². The Bertz CT molecular complexity index is 318. The van der Waals surface area contributed by atoms with Gasteiger partial charge in [-0.25, -0.2) is 0 Å². The Kier molecular flexibility index (Phi) is 3.03. The summed E-state index contributed by atoms with van der Waals surface area (Å²) >= 11 is 0. The molecule has 0 aromatic heterocycles. The molecule has 0 unspecified atom stereocenters. The maximum absolute atomic E-state index is 12.4. The summed E-state index contributed by atoms with van der Waals surface area (Å²) in [5, 5.41) is 0. The van der Waals surface area contributed by atoms with Crippen LogP contribution in [0.15, 0.2) is 18.2 Å². The zero-order valence-corrected chi connectivity index (χ0v) is 7.69. The Hall–Kier alpha value is -1.19. The molecule has 0 spiro atoms. The zero-order chi connectivity index (χ0) is 10.8. The SMILES string of the molecule is [CH2]c1ccc(OCC)c(C(F)(F)F)c1. The molecular formula is C10H10F3O. The lowest BCUT2D eigenvalue weighted by Crippen LogP contribution is -2.08. The van der Waals surface area contributed by atoms with Crippen LogP contribution in [-0.2, 0) is 6.18 Å². The Balaban J connectivity index is 3.16. The molecule has 0 N–H and O–H groups in total. The molecule has 0 aliphatic carbocycles. The Labute approximate surface area is 80.5 Å². The first-order valence-electron chi connectivity index (χ1n) is 4.11. The maximum atomic E-state index is 12.4. The minimum Gasteiger partial charge on any atom is -0.493 e. The van der Waals surface area contributed by atoms with Crippen LogP contribution in [0.5, 0.6) is 5.75 Å². The van der Waals surface area contributed by atoms with Crippen LogP contribution in [-0.4, -0.2) is 6.61 Å². The number of hydrogen-bond donors (Lipinski definition) is 0. The first-order chi connectivity index (χ1) is 6.45. The molecule has 1 radical (unpaired) electrons. The first kappa shape index (κ1) is 10.9. The van der Waals surface area contributed by atoms with Gasteiger partial charge >= 0.3 is 6.18 Å². The van der Waals surface area contributed by atoms with E-state index in [-0.39, 0.29) is 12.4 Å². The van der Waals surface area contributed by atoms with E-state index < -0.39 is 11.7 Å². The number of hydrogen-bond acceptors (Lipinski definition) is 1. The second-order valence-electron chi connectivity index (χ2n) is 2.76. The average Bonchev–Trinajstić information content (AvgIpc) is 2.07. The van der Waals surface area contributed by atoms with Crippen molar-refractivity contribution in [3.05, 3.63) is 36.2 Å². The lowest BCUT2D eigenvalue weighted by atomic mass is 10.1. The third-order valence-electron chi connectivity index (χ3n) is 1.65. The molecule has 1 aromatic rings. The molecule has 14 heavy (non-hydrogen) atoms. The van der Waals surface area contributed by atoms with E-state index in [0.717, 1.165) is 6.07 Å². The molecule has 77 valence electrons. The predicted molar refractivity (Wildman–Crippen MR) is 47.1 cm³/mol. The van der Waals surface area contributed by atoms with E-state index in [1.54, 1.807) is 6.92 Å². The van der Waals surface area contributed by atoms with Gasteiger partial charge in [-0.3, -0.25) is 0 Å². The van der Waals surface area contributed by atoms with E-state index in [2.05, 4.69) is 6.92 Å². The first-order valence-corrected chi connectivity index (χ1v) is 4.11. The summed E-state index contributed by atoms with van der Waals surface area (Å²) in [4.78, 5) is 0. The van der Waals surface area contributed by atoms with Gasteiger partial charge in [0.15, 0.2) is 0 Å². The molecule has 0 heterocycles. The van der Waals surface area contributed by atoms with E-state index in [0.29, 0.717) is 5.56 Å². The normalized spacial score (nSPS) is 11.5. The fourth-order valence-electron chi connectivity index (χ4n) is 1.08. The van der Waals surface area contributed by atoms with Gasteiger partial charge in [0.1, 0.15) is 5.75 Å². The second-order valence-corrected chi connectivity index (χ2v) is 2.76. The van der Waals surface area contributed by atoms with Gasteiger partial charge in [0.25, 0.3) is 0 Å². The molecule has 1 rings (SSSR count). The van der Waals surface area contributed by atoms with Crippen LogP contribution >= 0.6 is 0 Å². The highest BCUT2D eigenvalue weighted by atomic mass is 19.4. The number of alkyl halides is 3. The van der Waals surface area contributed by atoms with E-state index in [9.17, 15) is 13.2 Å². The molecule has 1 aromatic carbocycles. The molecule has 0 saturated carbocycles. The fraction of sp³-hybridized carbons (Fsp3) is 0.300. The summed E-state index contributed by atoms with van der Waals surface area (Å²) in [6.07, 6.45) is -4.39. The van der Waals surface area contributed by atoms with Crippen LogP contribution < -0.4 is 4.74 Å². The van der Waals surface area contributed by atoms with Crippen LogP contribution in [0.25, 0.3) is 0 Å². The van der Waals surface area contributed by atoms with Gasteiger partial charge in [-0.05, 0) is 31.5 Å². The number of halogens is 3. The van der Waals surface area contributed by atoms with Gasteiger partial charge in [0.2, 0.25) is 0 Å². The van der Waals surface area contributed by atoms with Crippen molar-refractivity contribution in [2.45, 2.75) is 13.1 Å². The summed E-state index contributed by atoms with van der Waals surface area (Å²) < 4.78 is 42.2. The van der Waals surface area contributed by atoms with Crippen LogP contribution in [0.1, 0.15) is 18.1 Å². The van der Waals surface area contributed by atoms with Crippen LogP contribution in [0.4, 0.5) is 13.2 Å². The maximum Gasteiger partial charge on any atom is 0.419 e. The van der Waals surface area contributed by atoms with Crippen molar-refractivity contribution in [3.8, 4) is 5.75 Å². The number of benzene rings is 1. The fourth-order valence-corrected chi connectivity index (χ4v) is 1.08. The molecule has 4 heteroatoms. The molecule has 1 nitrogen and oxygen atoms in total. The quantitative estimate of drug-likeness (QED) is 0.716. The highest BCUT2D eigenvalue weighted by molar-refractivity contribution is 5.40. The summed E-state index contributed by atoms with van der Waals surface area (Å²) in [6, 6.07) is 3.75. The van der Waals surface area contributed by atoms with Crippen LogP contribution in [0.2, 0.25) is 0 Å². The minimum absolute atomic E-state index is 0.146. The van der Waals surface area contributed by atoms with E-state index in [1.165, 1.54) is 12.1 Å². The van der Waals surface area contributed by atoms with Gasteiger partial charge in [0, 0.05) is 0 Å². The summed E-state index contributed by atoms with van der Waals surface area (Å²) in [5.74, 6) is -0.146. The summed E-state index contributed by atoms with van der Waals surface area (Å²) in [7, 11) is 0. The number of ether oxygens (including phenoxy) is 1. The molecule has 0 amide bonds. The van der Waals surface area contributed by atoms with Crippen molar-refractivity contribution in [1.82, 2.24) is 0 Å². The average molecular weight is 203 g/mol. The van der Waals surface area contributed by atoms with Crippen molar-refractivity contribution in [2.75, 3.05) is 6.61 Å². The summed E-state index contributed by atoms with van der Waals surface area (Å²) in [6.45, 7) is 5.29. The number of rotatable bonds is 2. The minimum atomic E-state index is -4.39. The van der Waals surface area contributed by atoms with Gasteiger partial charge in [-0.2, -0.15) is 13.2 Å². The van der Waals surface area contributed by atoms with Gasteiger partial charge in [0.05, 0.1) is 12.2 Å². The Morgan fingerprint density at radius 2 is 2.00 bits per heavy atom. The second kappa shape index (κ2) is 3.90. The van der Waals surface area contributed by atoms with Gasteiger partial charge < -0.3 is 4.74 Å². The topological polar surface area (TPSA) is 9.23 Å². The van der Waals surface area contributed by atoms with Crippen molar-refractivity contribution in [3.63, 3.8) is 0 Å². The van der Waals surface area contributed by atoms with Crippen LogP contribution in [0, 0.1) is 6.92 Å². The van der Waals surface area contributed by atoms with Crippen molar-refractivity contribution in [1.29, 1.82) is 0 Å². The van der Waals surface area contributed by atoms with E-state index in [1.807, 2.05) is 0 Å². The monoisotopic (exact) mass is 203 g/mol. The summed E-state index contributed by atoms with van der Waals surface area (Å²) in [5.41, 5.74) is -0.451. The smallest absolute Gasteiger partial charge is 0.419 e. The lowest BCUT2D eigenvalue weighted by molar-refractivity contribution is -0.138. The molecular weight excluding hydrogens is 193 g/mol.